The summed E-state index contributed by atoms with van der Waals surface area (Å²) in [6.45, 7) is 3.80. The van der Waals surface area contributed by atoms with E-state index in [2.05, 4.69) is 11.4 Å². The fourth-order valence-corrected chi connectivity index (χ4v) is 6.23. The van der Waals surface area contributed by atoms with Crippen LogP contribution in [-0.4, -0.2) is 39.0 Å². The maximum Gasteiger partial charge on any atom is 0.258 e. The number of fused-ring (bicyclic) bond motifs is 4. The van der Waals surface area contributed by atoms with E-state index in [1.54, 1.807) is 16.4 Å². The number of nitrogens with zero attached hydrogens (tertiary/aromatic N) is 2. The molecule has 1 aliphatic carbocycles. The van der Waals surface area contributed by atoms with E-state index < -0.39 is 23.9 Å². The van der Waals surface area contributed by atoms with Gasteiger partial charge in [0.1, 0.15) is 0 Å². The summed E-state index contributed by atoms with van der Waals surface area (Å²) in [4.78, 5) is 42.1. The number of hydrogen-bond acceptors (Lipinski definition) is 4. The average Bonchev–Trinajstić information content (AvgIpc) is 3.49. The van der Waals surface area contributed by atoms with Crippen molar-refractivity contribution in [3.8, 4) is 0 Å². The van der Waals surface area contributed by atoms with Crippen molar-refractivity contribution in [2.24, 2.45) is 11.8 Å². The minimum atomic E-state index is -0.642. The second-order valence-corrected chi connectivity index (χ2v) is 9.89. The molecule has 2 N–H and O–H groups in total. The van der Waals surface area contributed by atoms with Crippen molar-refractivity contribution in [2.75, 3.05) is 6.61 Å². The quantitative estimate of drug-likeness (QED) is 0.671. The summed E-state index contributed by atoms with van der Waals surface area (Å²) in [7, 11) is 0. The van der Waals surface area contributed by atoms with Crippen LogP contribution in [0, 0.1) is 11.8 Å². The maximum absolute atomic E-state index is 13.7. The van der Waals surface area contributed by atoms with Gasteiger partial charge in [0.15, 0.2) is 0 Å². The number of carbonyl (C=O) groups is 2. The fourth-order valence-electron chi connectivity index (χ4n) is 6.23. The summed E-state index contributed by atoms with van der Waals surface area (Å²) in [5.41, 5.74) is 3.38. The van der Waals surface area contributed by atoms with Gasteiger partial charge in [0.05, 0.1) is 24.0 Å². The standard InChI is InChI=1S/C28H33N3O4/c1-3-24(33)31-23-15-30-22(14-13-20(28(30)35)19-11-7-8-12-19)26(31)25(21(23)16-32)27(34)29-17(2)18-9-5-4-6-10-18/h4-6,9-11,13-14,17,21,23,25-26,32H,3,7-8,12,15-16H2,1-2H3,(H,29,34)/t17-,21+,23+,25-,26-/m1/s1. The molecule has 0 spiro atoms. The molecule has 7 heteroatoms. The second-order valence-electron chi connectivity index (χ2n) is 9.89. The Kier molecular flexibility index (Phi) is 6.36. The van der Waals surface area contributed by atoms with Gasteiger partial charge in [-0.15, -0.1) is 0 Å². The Hall–Kier alpha value is -3.19. The molecule has 0 saturated carbocycles. The first-order valence-electron chi connectivity index (χ1n) is 12.7. The molecular formula is C28H33N3O4. The van der Waals surface area contributed by atoms with E-state index in [9.17, 15) is 19.5 Å². The van der Waals surface area contributed by atoms with E-state index in [0.717, 1.165) is 30.4 Å². The van der Waals surface area contributed by atoms with Crippen molar-refractivity contribution >= 4 is 17.4 Å². The van der Waals surface area contributed by atoms with Gasteiger partial charge in [0.25, 0.3) is 5.56 Å². The van der Waals surface area contributed by atoms with Crippen LogP contribution in [-0.2, 0) is 16.1 Å². The highest BCUT2D eigenvalue weighted by atomic mass is 16.3. The molecule has 2 aromatic rings. The van der Waals surface area contributed by atoms with Crippen LogP contribution in [0.4, 0.5) is 0 Å². The number of aliphatic hydroxyl groups excluding tert-OH is 1. The summed E-state index contributed by atoms with van der Waals surface area (Å²) in [6.07, 6.45) is 5.36. The predicted molar refractivity (Wildman–Crippen MR) is 133 cm³/mol. The molecule has 2 bridgehead atoms. The molecular weight excluding hydrogens is 442 g/mol. The second kappa shape index (κ2) is 9.46. The molecule has 0 unspecified atom stereocenters. The van der Waals surface area contributed by atoms with E-state index in [1.807, 2.05) is 49.4 Å². The van der Waals surface area contributed by atoms with Crippen LogP contribution < -0.4 is 10.9 Å². The first-order chi connectivity index (χ1) is 17.0. The fraction of sp³-hybridized carbons (Fsp3) is 0.464. The summed E-state index contributed by atoms with van der Waals surface area (Å²) < 4.78 is 1.75. The van der Waals surface area contributed by atoms with Gasteiger partial charge in [-0.05, 0) is 49.5 Å². The van der Waals surface area contributed by atoms with Crippen molar-refractivity contribution < 1.29 is 14.7 Å². The highest BCUT2D eigenvalue weighted by Crippen LogP contribution is 2.49. The minimum Gasteiger partial charge on any atom is -0.396 e. The third-order valence-electron chi connectivity index (χ3n) is 7.98. The Labute approximate surface area is 205 Å². The number of pyridine rings is 1. The van der Waals surface area contributed by atoms with Crippen molar-refractivity contribution in [1.29, 1.82) is 0 Å². The van der Waals surface area contributed by atoms with Gasteiger partial charge in [-0.1, -0.05) is 43.3 Å². The number of hydrogen-bond donors (Lipinski definition) is 2. The normalized spacial score (nSPS) is 25.7. The zero-order valence-electron chi connectivity index (χ0n) is 20.3. The largest absolute Gasteiger partial charge is 0.396 e. The first kappa shape index (κ1) is 23.5. The number of nitrogens with one attached hydrogen (secondary N) is 1. The summed E-state index contributed by atoms with van der Waals surface area (Å²) >= 11 is 0. The molecule has 35 heavy (non-hydrogen) atoms. The predicted octanol–water partition coefficient (Wildman–Crippen LogP) is 3.19. The van der Waals surface area contributed by atoms with Gasteiger partial charge in [0.2, 0.25) is 11.8 Å². The lowest BCUT2D eigenvalue weighted by molar-refractivity contribution is -0.136. The Bertz CT molecular complexity index is 1220. The van der Waals surface area contributed by atoms with E-state index in [4.69, 9.17) is 0 Å². The van der Waals surface area contributed by atoms with Crippen LogP contribution in [0.25, 0.3) is 5.57 Å². The lowest BCUT2D eigenvalue weighted by atomic mass is 9.86. The number of carbonyl (C=O) groups excluding carboxylic acids is 2. The van der Waals surface area contributed by atoms with E-state index in [1.165, 1.54) is 0 Å². The monoisotopic (exact) mass is 475 g/mol. The third-order valence-corrected chi connectivity index (χ3v) is 7.98. The molecule has 1 fully saturated rings. The number of rotatable bonds is 6. The SMILES string of the molecule is CCC(=O)N1[C@@H]2c3ccc(C4=CCCC4)c(=O)n3C[C@H]1[C@H](CO)[C@H]2C(=O)N[C@H](C)c1ccccc1. The van der Waals surface area contributed by atoms with Gasteiger partial charge < -0.3 is 19.9 Å². The lowest BCUT2D eigenvalue weighted by Gasteiger charge is -2.38. The van der Waals surface area contributed by atoms with Gasteiger partial charge >= 0.3 is 0 Å². The van der Waals surface area contributed by atoms with Gasteiger partial charge in [-0.25, -0.2) is 0 Å². The van der Waals surface area contributed by atoms with Crippen molar-refractivity contribution in [3.63, 3.8) is 0 Å². The van der Waals surface area contributed by atoms with Crippen molar-refractivity contribution in [2.45, 2.75) is 64.2 Å². The molecule has 1 aromatic heterocycles. The zero-order chi connectivity index (χ0) is 24.7. The molecule has 3 aliphatic rings. The van der Waals surface area contributed by atoms with Crippen LogP contribution in [0.5, 0.6) is 0 Å². The molecule has 7 nitrogen and oxygen atoms in total. The van der Waals surface area contributed by atoms with Crippen LogP contribution in [0.15, 0.2) is 53.3 Å². The van der Waals surface area contributed by atoms with Crippen molar-refractivity contribution in [3.05, 3.63) is 75.7 Å². The minimum absolute atomic E-state index is 0.0638. The van der Waals surface area contributed by atoms with E-state index >= 15 is 0 Å². The Balaban J connectivity index is 1.55. The molecule has 5 atom stereocenters. The third kappa shape index (κ3) is 3.92. The molecule has 1 saturated heterocycles. The van der Waals surface area contributed by atoms with Gasteiger partial charge in [-0.3, -0.25) is 14.4 Å². The number of aromatic nitrogens is 1. The highest BCUT2D eigenvalue weighted by molar-refractivity contribution is 5.84. The molecule has 1 aromatic carbocycles. The number of benzene rings is 1. The molecule has 184 valence electrons. The summed E-state index contributed by atoms with van der Waals surface area (Å²) in [6, 6.07) is 12.3. The lowest BCUT2D eigenvalue weighted by Crippen LogP contribution is -2.49. The Morgan fingerprint density at radius 3 is 2.60 bits per heavy atom. The number of aliphatic hydroxyl groups is 1. The smallest absolute Gasteiger partial charge is 0.258 e. The van der Waals surface area contributed by atoms with Crippen LogP contribution in [0.3, 0.4) is 0 Å². The highest BCUT2D eigenvalue weighted by Gasteiger charge is 2.57. The molecule has 2 amide bonds. The van der Waals surface area contributed by atoms with Crippen LogP contribution >= 0.6 is 0 Å². The summed E-state index contributed by atoms with van der Waals surface area (Å²) in [5, 5.41) is 13.5. The molecule has 2 aliphatic heterocycles. The van der Waals surface area contributed by atoms with Crippen LogP contribution in [0.1, 0.15) is 68.4 Å². The number of amides is 2. The number of allylic oxidation sites excluding steroid dienone is 2. The van der Waals surface area contributed by atoms with Crippen molar-refractivity contribution in [1.82, 2.24) is 14.8 Å². The van der Waals surface area contributed by atoms with Crippen LogP contribution in [0.2, 0.25) is 0 Å². The molecule has 0 radical (unpaired) electrons. The molecule has 3 heterocycles. The van der Waals surface area contributed by atoms with Gasteiger partial charge in [-0.2, -0.15) is 0 Å². The average molecular weight is 476 g/mol. The first-order valence-corrected chi connectivity index (χ1v) is 12.7. The Morgan fingerprint density at radius 2 is 1.94 bits per heavy atom. The summed E-state index contributed by atoms with van der Waals surface area (Å²) in [5.74, 6) is -1.36. The maximum atomic E-state index is 13.7. The zero-order valence-corrected chi connectivity index (χ0v) is 20.3. The van der Waals surface area contributed by atoms with E-state index in [-0.39, 0.29) is 30.0 Å². The van der Waals surface area contributed by atoms with E-state index in [0.29, 0.717) is 24.2 Å². The Morgan fingerprint density at radius 1 is 1.17 bits per heavy atom. The topological polar surface area (TPSA) is 91.6 Å². The van der Waals surface area contributed by atoms with Gasteiger partial charge in [0, 0.05) is 36.7 Å². The molecule has 5 rings (SSSR count).